The van der Waals surface area contributed by atoms with Crippen molar-refractivity contribution in [2.45, 2.75) is 5.16 Å². The SMILES string of the molecule is COC(=O)c1ccccc1NC(=O)CSc1nnc(-c2ccco2)c(-c2ccco2)n1. The van der Waals surface area contributed by atoms with Gasteiger partial charge in [0.1, 0.15) is 5.69 Å². The molecule has 3 heterocycles. The van der Waals surface area contributed by atoms with Crippen LogP contribution in [0.25, 0.3) is 22.9 Å². The van der Waals surface area contributed by atoms with E-state index in [1.165, 1.54) is 19.6 Å². The molecule has 10 heteroatoms. The Morgan fingerprint density at radius 3 is 2.35 bits per heavy atom. The number of methoxy groups -OCH3 is 1. The summed E-state index contributed by atoms with van der Waals surface area (Å²) in [7, 11) is 1.28. The van der Waals surface area contributed by atoms with Gasteiger partial charge in [0.15, 0.2) is 17.2 Å². The zero-order valence-electron chi connectivity index (χ0n) is 16.3. The number of aromatic nitrogens is 3. The molecule has 156 valence electrons. The maximum atomic E-state index is 12.4. The van der Waals surface area contributed by atoms with E-state index >= 15 is 0 Å². The summed E-state index contributed by atoms with van der Waals surface area (Å²) >= 11 is 1.10. The lowest BCUT2D eigenvalue weighted by atomic mass is 10.2. The van der Waals surface area contributed by atoms with Crippen molar-refractivity contribution in [3.63, 3.8) is 0 Å². The number of para-hydroxylation sites is 1. The van der Waals surface area contributed by atoms with Crippen molar-refractivity contribution in [2.75, 3.05) is 18.2 Å². The van der Waals surface area contributed by atoms with Crippen molar-refractivity contribution in [3.05, 3.63) is 66.6 Å². The van der Waals surface area contributed by atoms with Gasteiger partial charge in [-0.15, -0.1) is 10.2 Å². The van der Waals surface area contributed by atoms with Crippen molar-refractivity contribution < 1.29 is 23.2 Å². The van der Waals surface area contributed by atoms with Crippen LogP contribution in [0.5, 0.6) is 0 Å². The second kappa shape index (κ2) is 9.26. The third-order valence-electron chi connectivity index (χ3n) is 4.12. The smallest absolute Gasteiger partial charge is 0.339 e. The highest BCUT2D eigenvalue weighted by Crippen LogP contribution is 2.30. The number of benzene rings is 1. The summed E-state index contributed by atoms with van der Waals surface area (Å²) in [6.07, 6.45) is 3.06. The molecule has 0 saturated heterocycles. The number of rotatable bonds is 7. The van der Waals surface area contributed by atoms with Gasteiger partial charge in [0, 0.05) is 0 Å². The Balaban J connectivity index is 1.50. The number of nitrogens with zero attached hydrogens (tertiary/aromatic N) is 3. The van der Waals surface area contributed by atoms with Crippen molar-refractivity contribution in [3.8, 4) is 22.9 Å². The molecule has 0 aliphatic heterocycles. The summed E-state index contributed by atoms with van der Waals surface area (Å²) in [6.45, 7) is 0. The molecule has 1 amide bonds. The molecule has 0 aliphatic carbocycles. The van der Waals surface area contributed by atoms with Crippen molar-refractivity contribution in [1.29, 1.82) is 0 Å². The molecule has 0 unspecified atom stereocenters. The van der Waals surface area contributed by atoms with Gasteiger partial charge in [-0.25, -0.2) is 9.78 Å². The summed E-state index contributed by atoms with van der Waals surface area (Å²) in [5.74, 6) is 0.140. The van der Waals surface area contributed by atoms with Crippen LogP contribution in [0.2, 0.25) is 0 Å². The molecule has 4 aromatic rings. The van der Waals surface area contributed by atoms with E-state index in [1.54, 1.807) is 48.5 Å². The number of ether oxygens (including phenoxy) is 1. The molecule has 0 aliphatic rings. The fraction of sp³-hybridized carbons (Fsp3) is 0.0952. The normalized spacial score (nSPS) is 10.6. The van der Waals surface area contributed by atoms with E-state index in [9.17, 15) is 9.59 Å². The third-order valence-corrected chi connectivity index (χ3v) is 4.95. The minimum atomic E-state index is -0.535. The van der Waals surface area contributed by atoms with Crippen LogP contribution in [0.15, 0.2) is 75.0 Å². The second-order valence-electron chi connectivity index (χ2n) is 6.12. The average molecular weight is 436 g/mol. The molecule has 9 nitrogen and oxygen atoms in total. The van der Waals surface area contributed by atoms with Gasteiger partial charge in [-0.05, 0) is 36.4 Å². The lowest BCUT2D eigenvalue weighted by Gasteiger charge is -2.09. The van der Waals surface area contributed by atoms with E-state index in [2.05, 4.69) is 20.5 Å². The number of thioether (sulfide) groups is 1. The standard InChI is InChI=1S/C21H16N4O5S/c1-28-20(27)13-6-2-3-7-14(13)22-17(26)12-31-21-23-18(15-8-4-10-29-15)19(24-25-21)16-9-5-11-30-16/h2-11H,12H2,1H3,(H,22,26). The van der Waals surface area contributed by atoms with Crippen LogP contribution < -0.4 is 5.32 Å². The Hall–Kier alpha value is -3.92. The Kier molecular flexibility index (Phi) is 6.08. The van der Waals surface area contributed by atoms with Crippen LogP contribution in [-0.4, -0.2) is 39.9 Å². The first kappa shape index (κ1) is 20.4. The number of nitrogens with one attached hydrogen (secondary N) is 1. The maximum Gasteiger partial charge on any atom is 0.339 e. The first-order chi connectivity index (χ1) is 15.2. The van der Waals surface area contributed by atoms with Crippen molar-refractivity contribution in [2.24, 2.45) is 0 Å². The minimum Gasteiger partial charge on any atom is -0.465 e. The highest BCUT2D eigenvalue weighted by atomic mass is 32.2. The lowest BCUT2D eigenvalue weighted by Crippen LogP contribution is -2.17. The fourth-order valence-electron chi connectivity index (χ4n) is 2.73. The van der Waals surface area contributed by atoms with Crippen molar-refractivity contribution >= 4 is 29.3 Å². The molecule has 0 saturated carbocycles. The molecular weight excluding hydrogens is 420 g/mol. The van der Waals surface area contributed by atoms with Gasteiger partial charge in [-0.1, -0.05) is 23.9 Å². The summed E-state index contributed by atoms with van der Waals surface area (Å²) in [5, 5.41) is 11.3. The van der Waals surface area contributed by atoms with Gasteiger partial charge in [0.25, 0.3) is 0 Å². The molecule has 0 fully saturated rings. The number of carbonyl (C=O) groups excluding carboxylic acids is 2. The van der Waals surface area contributed by atoms with Gasteiger partial charge in [0.05, 0.1) is 36.6 Å². The lowest BCUT2D eigenvalue weighted by molar-refractivity contribution is -0.113. The zero-order valence-corrected chi connectivity index (χ0v) is 17.1. The Morgan fingerprint density at radius 1 is 0.968 bits per heavy atom. The highest BCUT2D eigenvalue weighted by Gasteiger charge is 2.19. The van der Waals surface area contributed by atoms with E-state index in [1.807, 2.05) is 0 Å². The van der Waals surface area contributed by atoms with Gasteiger partial charge in [-0.3, -0.25) is 4.79 Å². The molecule has 0 bridgehead atoms. The number of amides is 1. The monoisotopic (exact) mass is 436 g/mol. The van der Waals surface area contributed by atoms with Crippen LogP contribution in [0.4, 0.5) is 5.69 Å². The quantitative estimate of drug-likeness (QED) is 0.339. The molecule has 1 N–H and O–H groups in total. The molecule has 4 rings (SSSR count). The van der Waals surface area contributed by atoms with Gasteiger partial charge in [0.2, 0.25) is 11.1 Å². The van der Waals surface area contributed by atoms with Gasteiger partial charge in [-0.2, -0.15) is 0 Å². The topological polar surface area (TPSA) is 120 Å². The number of furan rings is 2. The predicted octanol–water partition coefficient (Wildman–Crippen LogP) is 3.91. The van der Waals surface area contributed by atoms with Gasteiger partial charge >= 0.3 is 5.97 Å². The van der Waals surface area contributed by atoms with Crippen molar-refractivity contribution in [1.82, 2.24) is 15.2 Å². The van der Waals surface area contributed by atoms with Crippen LogP contribution in [0, 0.1) is 0 Å². The number of anilines is 1. The first-order valence-electron chi connectivity index (χ1n) is 9.08. The Bertz CT molecular complexity index is 1190. The van der Waals surface area contributed by atoms with Crippen LogP contribution in [-0.2, 0) is 9.53 Å². The van der Waals surface area contributed by atoms with E-state index in [0.29, 0.717) is 28.6 Å². The number of hydrogen-bond acceptors (Lipinski definition) is 9. The minimum absolute atomic E-state index is 0.00881. The van der Waals surface area contributed by atoms with E-state index < -0.39 is 5.97 Å². The zero-order chi connectivity index (χ0) is 21.6. The number of carbonyl (C=O) groups is 2. The molecule has 0 radical (unpaired) electrons. The first-order valence-corrected chi connectivity index (χ1v) is 10.1. The maximum absolute atomic E-state index is 12.4. The van der Waals surface area contributed by atoms with E-state index in [0.717, 1.165) is 11.8 Å². The summed E-state index contributed by atoms with van der Waals surface area (Å²) in [5.41, 5.74) is 1.52. The van der Waals surface area contributed by atoms with Crippen LogP contribution in [0.1, 0.15) is 10.4 Å². The second-order valence-corrected chi connectivity index (χ2v) is 7.06. The molecule has 31 heavy (non-hydrogen) atoms. The summed E-state index contributed by atoms with van der Waals surface area (Å²) < 4.78 is 15.6. The Labute approximate surface area is 180 Å². The van der Waals surface area contributed by atoms with E-state index in [4.69, 9.17) is 13.6 Å². The number of esters is 1. The highest BCUT2D eigenvalue weighted by molar-refractivity contribution is 7.99. The third kappa shape index (κ3) is 4.64. The van der Waals surface area contributed by atoms with Gasteiger partial charge < -0.3 is 18.9 Å². The van der Waals surface area contributed by atoms with Crippen LogP contribution >= 0.6 is 11.8 Å². The largest absolute Gasteiger partial charge is 0.465 e. The van der Waals surface area contributed by atoms with Crippen LogP contribution in [0.3, 0.4) is 0 Å². The molecular formula is C21H16N4O5S. The molecule has 0 spiro atoms. The molecule has 3 aromatic heterocycles. The average Bonchev–Trinajstić information content (AvgIpc) is 3.52. The Morgan fingerprint density at radius 2 is 1.68 bits per heavy atom. The van der Waals surface area contributed by atoms with E-state index in [-0.39, 0.29) is 22.4 Å². The molecule has 1 aromatic carbocycles. The number of hydrogen-bond donors (Lipinski definition) is 1. The fourth-order valence-corrected chi connectivity index (χ4v) is 3.32. The molecule has 0 atom stereocenters. The summed E-state index contributed by atoms with van der Waals surface area (Å²) in [6, 6.07) is 13.6. The summed E-state index contributed by atoms with van der Waals surface area (Å²) in [4.78, 5) is 28.8. The predicted molar refractivity (Wildman–Crippen MR) is 112 cm³/mol.